The zero-order valence-corrected chi connectivity index (χ0v) is 14.8. The van der Waals surface area contributed by atoms with Gasteiger partial charge in [0.05, 0.1) is 0 Å². The molecule has 0 aliphatic carbocycles. The molecular weight excluding hydrogens is 321 g/mol. The Morgan fingerprint density at radius 1 is 1.00 bits per heavy atom. The van der Waals surface area contributed by atoms with Crippen LogP contribution in [0.25, 0.3) is 0 Å². The fourth-order valence-corrected chi connectivity index (χ4v) is 2.20. The minimum atomic E-state index is -1.48. The van der Waals surface area contributed by atoms with Crippen molar-refractivity contribution < 1.29 is 22.7 Å². The first-order valence-electron chi connectivity index (χ1n) is 8.05. The highest BCUT2D eigenvalue weighted by Gasteiger charge is 2.26. The van der Waals surface area contributed by atoms with E-state index in [0.29, 0.717) is 26.2 Å². The summed E-state index contributed by atoms with van der Waals surface area (Å²) in [4.78, 5) is 15.2. The van der Waals surface area contributed by atoms with Crippen LogP contribution in [0.5, 0.6) is 0 Å². The molecule has 24 heavy (non-hydrogen) atoms. The summed E-state index contributed by atoms with van der Waals surface area (Å²) in [6.07, 6.45) is -0.413. The second kappa shape index (κ2) is 8.26. The van der Waals surface area contributed by atoms with Crippen LogP contribution in [0.3, 0.4) is 0 Å². The summed E-state index contributed by atoms with van der Waals surface area (Å²) >= 11 is 0. The summed E-state index contributed by atoms with van der Waals surface area (Å²) in [5.74, 6) is -3.91. The molecule has 1 aliphatic rings. The first kappa shape index (κ1) is 20.1. The van der Waals surface area contributed by atoms with E-state index in [1.54, 1.807) is 25.7 Å². The lowest BCUT2D eigenvalue weighted by atomic mass is 10.2. The Hall–Kier alpha value is -1.92. The minimum Gasteiger partial charge on any atom is -0.444 e. The second-order valence-corrected chi connectivity index (χ2v) is 6.18. The topological polar surface area (TPSA) is 32.8 Å². The first-order valence-corrected chi connectivity index (χ1v) is 8.05. The number of rotatable bonds is 1. The number of carbonyl (C=O) groups is 1. The zero-order valence-electron chi connectivity index (χ0n) is 14.8. The van der Waals surface area contributed by atoms with Crippen molar-refractivity contribution in [2.75, 3.05) is 31.1 Å². The molecule has 1 amide bonds. The van der Waals surface area contributed by atoms with Crippen molar-refractivity contribution in [2.45, 2.75) is 40.2 Å². The lowest BCUT2D eigenvalue weighted by molar-refractivity contribution is 0.0240. The van der Waals surface area contributed by atoms with Gasteiger partial charge < -0.3 is 14.5 Å². The van der Waals surface area contributed by atoms with Crippen LogP contribution in [0.15, 0.2) is 12.1 Å². The number of halogens is 3. The van der Waals surface area contributed by atoms with Gasteiger partial charge in [-0.15, -0.1) is 0 Å². The van der Waals surface area contributed by atoms with Crippen molar-refractivity contribution in [3.63, 3.8) is 0 Å². The molecule has 2 rings (SSSR count). The molecule has 1 aromatic carbocycles. The molecule has 1 heterocycles. The summed E-state index contributed by atoms with van der Waals surface area (Å²) < 4.78 is 44.8. The molecule has 0 N–H and O–H groups in total. The SMILES string of the molecule is CC.CC(C)(C)OC(=O)N1CCN(c2cc(F)c(F)c(F)c2)CC1. The Bertz CT molecular complexity index is 542. The molecule has 0 radical (unpaired) electrons. The Labute approximate surface area is 141 Å². The van der Waals surface area contributed by atoms with Crippen LogP contribution in [0.4, 0.5) is 23.7 Å². The zero-order chi connectivity index (χ0) is 18.5. The number of carbonyl (C=O) groups excluding carboxylic acids is 1. The molecule has 0 unspecified atom stereocenters. The van der Waals surface area contributed by atoms with E-state index in [1.165, 1.54) is 4.90 Å². The van der Waals surface area contributed by atoms with E-state index in [0.717, 1.165) is 12.1 Å². The number of benzene rings is 1. The van der Waals surface area contributed by atoms with E-state index in [2.05, 4.69) is 0 Å². The third kappa shape index (κ3) is 5.32. The molecule has 0 aromatic heterocycles. The van der Waals surface area contributed by atoms with Crippen molar-refractivity contribution in [2.24, 2.45) is 0 Å². The summed E-state index contributed by atoms with van der Waals surface area (Å²) in [5.41, 5.74) is -0.308. The molecule has 7 heteroatoms. The number of amides is 1. The van der Waals surface area contributed by atoms with Crippen LogP contribution in [-0.4, -0.2) is 42.8 Å². The summed E-state index contributed by atoms with van der Waals surface area (Å²) in [7, 11) is 0. The number of hydrogen-bond donors (Lipinski definition) is 0. The van der Waals surface area contributed by atoms with E-state index in [4.69, 9.17) is 4.74 Å². The van der Waals surface area contributed by atoms with Gasteiger partial charge in [0.25, 0.3) is 0 Å². The number of piperazine rings is 1. The Morgan fingerprint density at radius 3 is 1.88 bits per heavy atom. The summed E-state index contributed by atoms with van der Waals surface area (Å²) in [6, 6.07) is 1.92. The van der Waals surface area contributed by atoms with Gasteiger partial charge in [-0.1, -0.05) is 13.8 Å². The van der Waals surface area contributed by atoms with Crippen LogP contribution < -0.4 is 4.90 Å². The quantitative estimate of drug-likeness (QED) is 0.715. The van der Waals surface area contributed by atoms with Crippen molar-refractivity contribution in [1.29, 1.82) is 0 Å². The summed E-state index contributed by atoms with van der Waals surface area (Å²) in [5, 5.41) is 0. The lowest BCUT2D eigenvalue weighted by Crippen LogP contribution is -2.50. The highest BCUT2D eigenvalue weighted by molar-refractivity contribution is 5.68. The maximum absolute atomic E-state index is 13.3. The van der Waals surface area contributed by atoms with Gasteiger partial charge in [0.1, 0.15) is 5.60 Å². The predicted octanol–water partition coefficient (Wildman–Crippen LogP) is 4.19. The fourth-order valence-electron chi connectivity index (χ4n) is 2.20. The Morgan fingerprint density at radius 2 is 1.46 bits per heavy atom. The van der Waals surface area contributed by atoms with Gasteiger partial charge in [-0.25, -0.2) is 18.0 Å². The smallest absolute Gasteiger partial charge is 0.410 e. The second-order valence-electron chi connectivity index (χ2n) is 6.18. The maximum atomic E-state index is 13.3. The largest absolute Gasteiger partial charge is 0.444 e. The number of nitrogens with zero attached hydrogens (tertiary/aromatic N) is 2. The van der Waals surface area contributed by atoms with Crippen LogP contribution >= 0.6 is 0 Å². The van der Waals surface area contributed by atoms with E-state index in [9.17, 15) is 18.0 Å². The van der Waals surface area contributed by atoms with E-state index >= 15 is 0 Å². The molecule has 1 saturated heterocycles. The maximum Gasteiger partial charge on any atom is 0.410 e. The number of hydrogen-bond acceptors (Lipinski definition) is 3. The van der Waals surface area contributed by atoms with Crippen LogP contribution in [0, 0.1) is 17.5 Å². The van der Waals surface area contributed by atoms with Crippen LogP contribution in [0.1, 0.15) is 34.6 Å². The van der Waals surface area contributed by atoms with Gasteiger partial charge >= 0.3 is 6.09 Å². The number of ether oxygens (including phenoxy) is 1. The van der Waals surface area contributed by atoms with Gasteiger partial charge in [0, 0.05) is 44.0 Å². The average Bonchev–Trinajstić information content (AvgIpc) is 2.52. The molecule has 0 spiro atoms. The molecule has 1 aliphatic heterocycles. The normalized spacial score (nSPS) is 14.8. The predicted molar refractivity (Wildman–Crippen MR) is 87.7 cm³/mol. The highest BCUT2D eigenvalue weighted by Crippen LogP contribution is 2.22. The molecule has 0 atom stereocenters. The van der Waals surface area contributed by atoms with E-state index < -0.39 is 29.1 Å². The monoisotopic (exact) mass is 346 g/mol. The van der Waals surface area contributed by atoms with Crippen molar-refractivity contribution in [1.82, 2.24) is 4.90 Å². The van der Waals surface area contributed by atoms with Gasteiger partial charge in [-0.3, -0.25) is 0 Å². The van der Waals surface area contributed by atoms with E-state index in [-0.39, 0.29) is 5.69 Å². The van der Waals surface area contributed by atoms with Crippen LogP contribution in [0.2, 0.25) is 0 Å². The highest BCUT2D eigenvalue weighted by atomic mass is 19.2. The Balaban J connectivity index is 0.00000139. The van der Waals surface area contributed by atoms with Crippen molar-refractivity contribution in [3.05, 3.63) is 29.6 Å². The Kier molecular flexibility index (Phi) is 6.93. The third-order valence-corrected chi connectivity index (χ3v) is 3.27. The fraction of sp³-hybridized carbons (Fsp3) is 0.588. The summed E-state index contributed by atoms with van der Waals surface area (Å²) in [6.45, 7) is 10.9. The van der Waals surface area contributed by atoms with Gasteiger partial charge in [0.2, 0.25) is 0 Å². The minimum absolute atomic E-state index is 0.264. The molecule has 4 nitrogen and oxygen atoms in total. The molecule has 1 aromatic rings. The molecule has 0 bridgehead atoms. The third-order valence-electron chi connectivity index (χ3n) is 3.27. The lowest BCUT2D eigenvalue weighted by Gasteiger charge is -2.36. The van der Waals surface area contributed by atoms with Crippen molar-refractivity contribution in [3.8, 4) is 0 Å². The first-order chi connectivity index (χ1) is 11.2. The van der Waals surface area contributed by atoms with Crippen LogP contribution in [-0.2, 0) is 4.74 Å². The molecule has 136 valence electrons. The standard InChI is InChI=1S/C15H19F3N2O2.C2H6/c1-15(2,3)22-14(21)20-6-4-19(5-7-20)10-8-11(16)13(18)12(17)9-10;1-2/h8-9H,4-7H2,1-3H3;1-2H3. The molecular formula is C17H25F3N2O2. The van der Waals surface area contributed by atoms with Gasteiger partial charge in [-0.2, -0.15) is 0 Å². The molecule has 1 fully saturated rings. The van der Waals surface area contributed by atoms with E-state index in [1.807, 2.05) is 13.8 Å². The van der Waals surface area contributed by atoms with Gasteiger partial charge in [-0.05, 0) is 20.8 Å². The van der Waals surface area contributed by atoms with Crippen molar-refractivity contribution >= 4 is 11.8 Å². The number of anilines is 1. The molecule has 0 saturated carbocycles. The average molecular weight is 346 g/mol. The van der Waals surface area contributed by atoms with Gasteiger partial charge in [0.15, 0.2) is 17.5 Å².